The highest BCUT2D eigenvalue weighted by Crippen LogP contribution is 2.33. The minimum absolute atomic E-state index is 0.0540. The molecule has 1 fully saturated rings. The summed E-state index contributed by atoms with van der Waals surface area (Å²) < 4.78 is 0. The van der Waals surface area contributed by atoms with Crippen LogP contribution >= 0.6 is 0 Å². The van der Waals surface area contributed by atoms with E-state index in [1.54, 1.807) is 0 Å². The third kappa shape index (κ3) is 1.69. The van der Waals surface area contributed by atoms with Crippen molar-refractivity contribution in [2.45, 2.75) is 31.3 Å². The van der Waals surface area contributed by atoms with Crippen LogP contribution in [0.3, 0.4) is 0 Å². The fraction of sp³-hybridized carbons (Fsp3) is 0.357. The Labute approximate surface area is 96.3 Å². The zero-order valence-corrected chi connectivity index (χ0v) is 9.27. The van der Waals surface area contributed by atoms with Gasteiger partial charge in [0.15, 0.2) is 0 Å². The Morgan fingerprint density at radius 3 is 2.56 bits per heavy atom. The first kappa shape index (κ1) is 10.7. The third-order valence-corrected chi connectivity index (χ3v) is 3.23. The lowest BCUT2D eigenvalue weighted by atomic mass is 9.77. The summed E-state index contributed by atoms with van der Waals surface area (Å²) in [6.07, 6.45) is 6.36. The molecule has 0 spiro atoms. The summed E-state index contributed by atoms with van der Waals surface area (Å²) in [5.41, 5.74) is 2.09. The molecule has 1 aliphatic rings. The smallest absolute Gasteiger partial charge is 0.104 e. The van der Waals surface area contributed by atoms with Gasteiger partial charge in [-0.1, -0.05) is 25.0 Å². The van der Waals surface area contributed by atoms with E-state index < -0.39 is 0 Å². The topological polar surface area (TPSA) is 35.8 Å². The molecule has 2 rings (SSSR count). The third-order valence-electron chi connectivity index (χ3n) is 3.23. The van der Waals surface area contributed by atoms with Crippen molar-refractivity contribution in [1.29, 1.82) is 5.26 Å². The van der Waals surface area contributed by atoms with Gasteiger partial charge in [-0.2, -0.15) is 5.26 Å². The predicted octanol–water partition coefficient (Wildman–Crippen LogP) is 2.03. The van der Waals surface area contributed by atoms with Crippen molar-refractivity contribution in [3.05, 3.63) is 35.4 Å². The molecule has 80 valence electrons. The highest BCUT2D eigenvalue weighted by Gasteiger charge is 2.40. The van der Waals surface area contributed by atoms with Crippen LogP contribution in [0.4, 0.5) is 0 Å². The molecule has 1 N–H and O–H groups in total. The van der Waals surface area contributed by atoms with Crippen molar-refractivity contribution in [3.8, 4) is 18.4 Å². The Morgan fingerprint density at radius 2 is 2.06 bits per heavy atom. The number of rotatable bonds is 2. The molecule has 0 bridgehead atoms. The Hall–Kier alpha value is -1.77. The molecule has 0 aliphatic carbocycles. The lowest BCUT2D eigenvalue weighted by Crippen LogP contribution is -2.58. The van der Waals surface area contributed by atoms with Crippen LogP contribution in [0.25, 0.3) is 0 Å². The summed E-state index contributed by atoms with van der Waals surface area (Å²) in [6.45, 7) is 2.13. The molecule has 2 nitrogen and oxygen atoms in total. The van der Waals surface area contributed by atoms with Gasteiger partial charge >= 0.3 is 0 Å². The Morgan fingerprint density at radius 1 is 1.38 bits per heavy atom. The summed E-state index contributed by atoms with van der Waals surface area (Å²) in [5.74, 6) is 2.91. The first-order valence-corrected chi connectivity index (χ1v) is 5.52. The summed E-state index contributed by atoms with van der Waals surface area (Å²) in [6, 6.07) is 10.6. The minimum atomic E-state index is -0.0540. The lowest BCUT2D eigenvalue weighted by molar-refractivity contribution is 0.250. The van der Waals surface area contributed by atoms with E-state index >= 15 is 0 Å². The van der Waals surface area contributed by atoms with Gasteiger partial charge in [0, 0.05) is 17.5 Å². The largest absolute Gasteiger partial charge is 0.298 e. The quantitative estimate of drug-likeness (QED) is 0.758. The molecule has 1 saturated heterocycles. The fourth-order valence-electron chi connectivity index (χ4n) is 2.27. The fourth-order valence-corrected chi connectivity index (χ4v) is 2.27. The molecular formula is C14H14N2. The molecule has 1 aromatic rings. The molecule has 0 saturated carbocycles. The second kappa shape index (κ2) is 4.39. The van der Waals surface area contributed by atoms with Gasteiger partial charge in [-0.15, -0.1) is 6.42 Å². The number of terminal acetylenes is 1. The molecule has 0 aromatic heterocycles. The second-order valence-corrected chi connectivity index (χ2v) is 4.08. The van der Waals surface area contributed by atoms with Crippen LogP contribution in [0.2, 0.25) is 0 Å². The summed E-state index contributed by atoms with van der Waals surface area (Å²) in [5, 5.41) is 12.2. The molecule has 1 aliphatic heterocycles. The normalized spacial score (nSPS) is 27.6. The van der Waals surface area contributed by atoms with E-state index in [4.69, 9.17) is 11.7 Å². The lowest BCUT2D eigenvalue weighted by Gasteiger charge is -2.42. The van der Waals surface area contributed by atoms with E-state index in [1.165, 1.54) is 5.56 Å². The van der Waals surface area contributed by atoms with Crippen LogP contribution in [0.15, 0.2) is 24.3 Å². The predicted molar refractivity (Wildman–Crippen MR) is 63.7 cm³/mol. The number of hydrogen-bond donors (Lipinski definition) is 1. The summed E-state index contributed by atoms with van der Waals surface area (Å²) in [4.78, 5) is 0. The van der Waals surface area contributed by atoms with Crippen LogP contribution < -0.4 is 5.32 Å². The zero-order chi connectivity index (χ0) is 11.5. The highest BCUT2D eigenvalue weighted by atomic mass is 15.1. The Bertz CT molecular complexity index is 447. The van der Waals surface area contributed by atoms with E-state index in [9.17, 15) is 0 Å². The highest BCUT2D eigenvalue weighted by molar-refractivity contribution is 5.38. The number of benzene rings is 1. The maximum absolute atomic E-state index is 8.99. The van der Waals surface area contributed by atoms with Crippen LogP contribution in [-0.2, 0) is 0 Å². The Balaban J connectivity index is 2.22. The van der Waals surface area contributed by atoms with E-state index in [-0.39, 0.29) is 6.04 Å². The van der Waals surface area contributed by atoms with Crippen molar-refractivity contribution < 1.29 is 0 Å². The van der Waals surface area contributed by atoms with Crippen molar-refractivity contribution >= 4 is 0 Å². The van der Waals surface area contributed by atoms with Crippen LogP contribution in [0.1, 0.15) is 30.4 Å². The van der Waals surface area contributed by atoms with Gasteiger partial charge in [0.05, 0.1) is 6.07 Å². The zero-order valence-electron chi connectivity index (χ0n) is 9.27. The van der Waals surface area contributed by atoms with Gasteiger partial charge in [-0.25, -0.2) is 0 Å². The SMILES string of the molecule is C#Cc1ccc([C@@H]2C(C#N)NC2CC)cc1. The van der Waals surface area contributed by atoms with Crippen LogP contribution in [0.5, 0.6) is 0 Å². The van der Waals surface area contributed by atoms with Gasteiger partial charge in [0.1, 0.15) is 6.04 Å². The molecule has 0 radical (unpaired) electrons. The second-order valence-electron chi connectivity index (χ2n) is 4.08. The van der Waals surface area contributed by atoms with Crippen molar-refractivity contribution in [2.24, 2.45) is 0 Å². The molecule has 3 atom stereocenters. The average Bonchev–Trinajstić information content (AvgIpc) is 2.30. The molecule has 1 aromatic carbocycles. The Kier molecular flexibility index (Phi) is 2.95. The molecule has 16 heavy (non-hydrogen) atoms. The molecule has 0 amide bonds. The van der Waals surface area contributed by atoms with Crippen molar-refractivity contribution in [2.75, 3.05) is 0 Å². The maximum atomic E-state index is 8.99. The van der Waals surface area contributed by atoms with Crippen molar-refractivity contribution in [1.82, 2.24) is 5.32 Å². The van der Waals surface area contributed by atoms with E-state index in [1.807, 2.05) is 24.3 Å². The minimum Gasteiger partial charge on any atom is -0.298 e. The van der Waals surface area contributed by atoms with Crippen LogP contribution in [-0.4, -0.2) is 12.1 Å². The van der Waals surface area contributed by atoms with Gasteiger partial charge in [0.2, 0.25) is 0 Å². The van der Waals surface area contributed by atoms with E-state index in [0.717, 1.165) is 12.0 Å². The first-order valence-electron chi connectivity index (χ1n) is 5.52. The van der Waals surface area contributed by atoms with Gasteiger partial charge in [-0.05, 0) is 24.1 Å². The van der Waals surface area contributed by atoms with Crippen LogP contribution in [0, 0.1) is 23.7 Å². The van der Waals surface area contributed by atoms with Crippen molar-refractivity contribution in [3.63, 3.8) is 0 Å². The number of hydrogen-bond acceptors (Lipinski definition) is 2. The summed E-state index contributed by atoms with van der Waals surface area (Å²) in [7, 11) is 0. The maximum Gasteiger partial charge on any atom is 0.104 e. The first-order chi connectivity index (χ1) is 7.80. The summed E-state index contributed by atoms with van der Waals surface area (Å²) >= 11 is 0. The van der Waals surface area contributed by atoms with Gasteiger partial charge in [0.25, 0.3) is 0 Å². The number of nitrogens with zero attached hydrogens (tertiary/aromatic N) is 1. The monoisotopic (exact) mass is 210 g/mol. The number of nitriles is 1. The molecule has 2 unspecified atom stereocenters. The molecule has 2 heteroatoms. The van der Waals surface area contributed by atoms with Gasteiger partial charge < -0.3 is 0 Å². The molecule has 1 heterocycles. The van der Waals surface area contributed by atoms with E-state index in [2.05, 4.69) is 24.2 Å². The molecular weight excluding hydrogens is 196 g/mol. The van der Waals surface area contributed by atoms with Gasteiger partial charge in [-0.3, -0.25) is 5.32 Å². The average molecular weight is 210 g/mol. The standard InChI is InChI=1S/C14H14N2/c1-3-10-5-7-11(8-6-10)14-12(4-2)16-13(14)9-15/h1,5-8,12-14,16H,4H2,2H3/t12?,13?,14-/m0/s1. The number of nitrogens with one attached hydrogen (secondary N) is 1. The van der Waals surface area contributed by atoms with E-state index in [0.29, 0.717) is 12.0 Å².